The average molecular weight is 1070 g/mol. The molecule has 76 heavy (non-hydrogen) atoms. The van der Waals surface area contributed by atoms with Gasteiger partial charge in [0.15, 0.2) is 0 Å². The second-order valence-corrected chi connectivity index (χ2v) is 24.2. The lowest BCUT2D eigenvalue weighted by molar-refractivity contribution is -0.143. The summed E-state index contributed by atoms with van der Waals surface area (Å²) in [5.74, 6) is -0.0300. The quantitative estimate of drug-likeness (QED) is 0.0320. The van der Waals surface area contributed by atoms with Gasteiger partial charge in [-0.15, -0.1) is 0 Å². The molecular weight excluding hydrogens is 935 g/mol. The molecule has 0 aromatic rings. The summed E-state index contributed by atoms with van der Waals surface area (Å²) in [6, 6.07) is -0.549. The molecule has 1 amide bonds. The number of amides is 1. The van der Waals surface area contributed by atoms with Crippen molar-refractivity contribution in [3.05, 3.63) is 12.2 Å². The van der Waals surface area contributed by atoms with Gasteiger partial charge < -0.3 is 20.3 Å². The highest BCUT2D eigenvalue weighted by Gasteiger charge is 2.20. The number of hydrogen-bond acceptors (Lipinski definition) is 5. The molecule has 452 valence electrons. The maximum Gasteiger partial charge on any atom is 0.305 e. The second-order valence-electron chi connectivity index (χ2n) is 24.2. The van der Waals surface area contributed by atoms with E-state index < -0.39 is 12.1 Å². The molecule has 2 unspecified atom stereocenters. The highest BCUT2D eigenvalue weighted by atomic mass is 16.5. The predicted molar refractivity (Wildman–Crippen MR) is 333 cm³/mol. The van der Waals surface area contributed by atoms with E-state index in [2.05, 4.69) is 31.3 Å². The minimum Gasteiger partial charge on any atom is -0.466 e. The largest absolute Gasteiger partial charge is 0.466 e. The van der Waals surface area contributed by atoms with Crippen LogP contribution in [-0.4, -0.2) is 47.4 Å². The molecule has 0 aromatic heterocycles. The molecule has 0 aliphatic rings. The van der Waals surface area contributed by atoms with E-state index in [1.165, 1.54) is 327 Å². The molecule has 0 aliphatic heterocycles. The van der Waals surface area contributed by atoms with E-state index in [0.717, 1.165) is 38.5 Å². The van der Waals surface area contributed by atoms with Crippen LogP contribution < -0.4 is 5.32 Å². The number of hydrogen-bond donors (Lipinski definition) is 3. The van der Waals surface area contributed by atoms with Crippen LogP contribution in [0.15, 0.2) is 12.2 Å². The van der Waals surface area contributed by atoms with Crippen LogP contribution in [0.5, 0.6) is 0 Å². The normalized spacial score (nSPS) is 12.5. The summed E-state index contributed by atoms with van der Waals surface area (Å²) >= 11 is 0. The van der Waals surface area contributed by atoms with Crippen molar-refractivity contribution in [2.45, 2.75) is 411 Å². The Morgan fingerprint density at radius 1 is 0.355 bits per heavy atom. The lowest BCUT2D eigenvalue weighted by Gasteiger charge is -2.22. The lowest BCUT2D eigenvalue weighted by atomic mass is 10.0. The Labute approximate surface area is 476 Å². The molecule has 3 N–H and O–H groups in total. The SMILES string of the molecule is CCCCCCCCCCCCCCCCCCCCCCCCC(O)C(CO)NC(=O)CCCCCCCCC/C=C\CCCCCCCCCCOC(=O)CCCCCCCCCCCCCCCCCCCC. The number of rotatable bonds is 66. The van der Waals surface area contributed by atoms with Crippen LogP contribution in [0.4, 0.5) is 0 Å². The zero-order chi connectivity index (χ0) is 55.0. The van der Waals surface area contributed by atoms with E-state index in [9.17, 15) is 19.8 Å². The monoisotopic (exact) mass is 1070 g/mol. The summed E-state index contributed by atoms with van der Waals surface area (Å²) in [6.45, 7) is 4.99. The third kappa shape index (κ3) is 61.8. The van der Waals surface area contributed by atoms with Crippen molar-refractivity contribution in [3.63, 3.8) is 0 Å². The van der Waals surface area contributed by atoms with Gasteiger partial charge in [-0.25, -0.2) is 0 Å². The van der Waals surface area contributed by atoms with Crippen molar-refractivity contribution in [3.8, 4) is 0 Å². The fourth-order valence-corrected chi connectivity index (χ4v) is 11.2. The van der Waals surface area contributed by atoms with Crippen LogP contribution in [-0.2, 0) is 14.3 Å². The van der Waals surface area contributed by atoms with Crippen molar-refractivity contribution >= 4 is 11.9 Å². The molecule has 0 aliphatic carbocycles. The molecule has 6 heteroatoms. The molecule has 0 heterocycles. The molecule has 2 atom stereocenters. The van der Waals surface area contributed by atoms with Crippen LogP contribution >= 0.6 is 0 Å². The van der Waals surface area contributed by atoms with Crippen LogP contribution in [0.3, 0.4) is 0 Å². The fraction of sp³-hybridized carbons (Fsp3) is 0.943. The van der Waals surface area contributed by atoms with E-state index in [-0.39, 0.29) is 18.5 Å². The molecule has 0 spiro atoms. The summed E-state index contributed by atoms with van der Waals surface area (Å²) in [7, 11) is 0. The molecular formula is C70H137NO5. The summed E-state index contributed by atoms with van der Waals surface area (Å²) in [6.07, 6.45) is 81.0. The molecule has 0 radical (unpaired) electrons. The zero-order valence-corrected chi connectivity index (χ0v) is 51.8. The Bertz CT molecular complexity index is 1140. The first-order chi connectivity index (χ1) is 37.5. The standard InChI is InChI=1S/C70H137NO5/c1-3-5-7-9-11-13-15-17-19-21-23-24-25-27-30-34-38-42-46-50-54-58-62-68(73)67(66-72)71-69(74)63-59-55-51-47-43-39-35-31-28-26-29-33-37-41-45-49-53-57-61-65-76-70(75)64-60-56-52-48-44-40-36-32-22-20-18-16-14-12-10-8-6-4-2/h26,28,67-68,72-73H,3-25,27,29-66H2,1-2H3,(H,71,74)/b28-26-. The average Bonchev–Trinajstić information content (AvgIpc) is 3.42. The first-order valence-electron chi connectivity index (χ1n) is 34.9. The topological polar surface area (TPSA) is 95.9 Å². The number of aliphatic hydroxyl groups excluding tert-OH is 2. The molecule has 0 saturated heterocycles. The number of carbonyl (C=O) groups is 2. The van der Waals surface area contributed by atoms with Gasteiger partial charge in [0, 0.05) is 12.8 Å². The van der Waals surface area contributed by atoms with Gasteiger partial charge in [-0.3, -0.25) is 9.59 Å². The maximum absolute atomic E-state index is 12.5. The summed E-state index contributed by atoms with van der Waals surface area (Å²) in [5.41, 5.74) is 0. The van der Waals surface area contributed by atoms with E-state index in [4.69, 9.17) is 4.74 Å². The van der Waals surface area contributed by atoms with Gasteiger partial charge in [0.1, 0.15) is 0 Å². The van der Waals surface area contributed by atoms with Crippen molar-refractivity contribution in [2.24, 2.45) is 0 Å². The van der Waals surface area contributed by atoms with E-state index in [0.29, 0.717) is 25.9 Å². The van der Waals surface area contributed by atoms with Gasteiger partial charge in [-0.05, 0) is 51.4 Å². The molecule has 6 nitrogen and oxygen atoms in total. The van der Waals surface area contributed by atoms with E-state index >= 15 is 0 Å². The Kier molecular flexibility index (Phi) is 64.9. The van der Waals surface area contributed by atoms with Crippen LogP contribution in [0.1, 0.15) is 399 Å². The van der Waals surface area contributed by atoms with E-state index in [1.807, 2.05) is 0 Å². The van der Waals surface area contributed by atoms with Gasteiger partial charge in [0.25, 0.3) is 0 Å². The second kappa shape index (κ2) is 66.1. The van der Waals surface area contributed by atoms with Crippen LogP contribution in [0, 0.1) is 0 Å². The minimum atomic E-state index is -0.671. The first kappa shape index (κ1) is 74.6. The first-order valence-corrected chi connectivity index (χ1v) is 34.9. The van der Waals surface area contributed by atoms with Gasteiger partial charge >= 0.3 is 5.97 Å². The van der Waals surface area contributed by atoms with Crippen molar-refractivity contribution in [1.82, 2.24) is 5.32 Å². The van der Waals surface area contributed by atoms with Crippen LogP contribution in [0.2, 0.25) is 0 Å². The van der Waals surface area contributed by atoms with Gasteiger partial charge in [0.05, 0.1) is 25.4 Å². The zero-order valence-electron chi connectivity index (χ0n) is 51.8. The fourth-order valence-electron chi connectivity index (χ4n) is 11.2. The Morgan fingerprint density at radius 3 is 0.934 bits per heavy atom. The van der Waals surface area contributed by atoms with Gasteiger partial charge in [-0.2, -0.15) is 0 Å². The molecule has 0 rings (SSSR count). The summed E-state index contributed by atoms with van der Waals surface area (Å²) in [5, 5.41) is 23.4. The number of allylic oxidation sites excluding steroid dienone is 2. The summed E-state index contributed by atoms with van der Waals surface area (Å²) in [4.78, 5) is 24.6. The number of nitrogens with one attached hydrogen (secondary N) is 1. The lowest BCUT2D eigenvalue weighted by Crippen LogP contribution is -2.45. The number of unbranched alkanes of at least 4 members (excludes halogenated alkanes) is 53. The third-order valence-corrected chi connectivity index (χ3v) is 16.6. The summed E-state index contributed by atoms with van der Waals surface area (Å²) < 4.78 is 5.50. The van der Waals surface area contributed by atoms with Crippen molar-refractivity contribution < 1.29 is 24.5 Å². The van der Waals surface area contributed by atoms with E-state index in [1.54, 1.807) is 0 Å². The highest BCUT2D eigenvalue weighted by Crippen LogP contribution is 2.19. The Morgan fingerprint density at radius 2 is 0.618 bits per heavy atom. The van der Waals surface area contributed by atoms with Gasteiger partial charge in [0.2, 0.25) is 5.91 Å². The number of ether oxygens (including phenoxy) is 1. The number of esters is 1. The molecule has 0 aromatic carbocycles. The molecule has 0 saturated carbocycles. The maximum atomic E-state index is 12.5. The van der Waals surface area contributed by atoms with Crippen molar-refractivity contribution in [2.75, 3.05) is 13.2 Å². The highest BCUT2D eigenvalue weighted by molar-refractivity contribution is 5.76. The minimum absolute atomic E-state index is 0.00972. The van der Waals surface area contributed by atoms with Gasteiger partial charge in [-0.1, -0.05) is 347 Å². The molecule has 0 bridgehead atoms. The third-order valence-electron chi connectivity index (χ3n) is 16.6. The van der Waals surface area contributed by atoms with Crippen molar-refractivity contribution in [1.29, 1.82) is 0 Å². The smallest absolute Gasteiger partial charge is 0.305 e. The molecule has 0 fully saturated rings. The van der Waals surface area contributed by atoms with Crippen LogP contribution in [0.25, 0.3) is 0 Å². The predicted octanol–water partition coefficient (Wildman–Crippen LogP) is 22.4. The Balaban J connectivity index is 3.41. The number of carbonyl (C=O) groups excluding carboxylic acids is 2. The number of aliphatic hydroxyl groups is 2. The Hall–Kier alpha value is -1.40.